The SMILES string of the molecule is CCCN(CCCl)Cc1ccsc1. The highest BCUT2D eigenvalue weighted by Gasteiger charge is 2.03. The van der Waals surface area contributed by atoms with Crippen molar-refractivity contribution in [1.29, 1.82) is 0 Å². The molecule has 0 atom stereocenters. The summed E-state index contributed by atoms with van der Waals surface area (Å²) in [5.74, 6) is 0.726. The van der Waals surface area contributed by atoms with Crippen molar-refractivity contribution in [3.05, 3.63) is 22.4 Å². The molecular weight excluding hydrogens is 202 g/mol. The first-order chi connectivity index (χ1) is 6.36. The molecular formula is C10H16ClNS. The van der Waals surface area contributed by atoms with Gasteiger partial charge >= 0.3 is 0 Å². The summed E-state index contributed by atoms with van der Waals surface area (Å²) < 4.78 is 0. The molecule has 3 heteroatoms. The van der Waals surface area contributed by atoms with E-state index in [4.69, 9.17) is 11.6 Å². The lowest BCUT2D eigenvalue weighted by molar-refractivity contribution is 0.282. The van der Waals surface area contributed by atoms with Crippen LogP contribution in [0.1, 0.15) is 18.9 Å². The maximum atomic E-state index is 5.73. The minimum absolute atomic E-state index is 0.726. The van der Waals surface area contributed by atoms with Crippen LogP contribution in [0.2, 0.25) is 0 Å². The van der Waals surface area contributed by atoms with Gasteiger partial charge in [-0.25, -0.2) is 0 Å². The lowest BCUT2D eigenvalue weighted by Crippen LogP contribution is -2.25. The predicted octanol–water partition coefficient (Wildman–Crippen LogP) is 3.20. The Labute approximate surface area is 89.3 Å². The number of halogens is 1. The summed E-state index contributed by atoms with van der Waals surface area (Å²) in [6.45, 7) is 5.38. The zero-order valence-electron chi connectivity index (χ0n) is 8.00. The van der Waals surface area contributed by atoms with Gasteiger partial charge in [0, 0.05) is 19.0 Å². The second-order valence-electron chi connectivity index (χ2n) is 3.10. The molecule has 0 aromatic carbocycles. The Morgan fingerprint density at radius 1 is 1.46 bits per heavy atom. The summed E-state index contributed by atoms with van der Waals surface area (Å²) >= 11 is 7.49. The van der Waals surface area contributed by atoms with Crippen molar-refractivity contribution in [2.75, 3.05) is 19.0 Å². The van der Waals surface area contributed by atoms with Gasteiger partial charge in [0.25, 0.3) is 0 Å². The summed E-state index contributed by atoms with van der Waals surface area (Å²) in [5.41, 5.74) is 1.41. The Morgan fingerprint density at radius 2 is 2.31 bits per heavy atom. The maximum Gasteiger partial charge on any atom is 0.0351 e. The summed E-state index contributed by atoms with van der Waals surface area (Å²) in [4.78, 5) is 2.40. The number of thiophene rings is 1. The minimum Gasteiger partial charge on any atom is -0.298 e. The van der Waals surface area contributed by atoms with Crippen LogP contribution in [0.4, 0.5) is 0 Å². The van der Waals surface area contributed by atoms with E-state index in [1.807, 2.05) is 0 Å². The Morgan fingerprint density at radius 3 is 2.85 bits per heavy atom. The molecule has 0 saturated carbocycles. The number of hydrogen-bond donors (Lipinski definition) is 0. The molecule has 0 aliphatic rings. The molecule has 0 radical (unpaired) electrons. The van der Waals surface area contributed by atoms with E-state index in [0.29, 0.717) is 0 Å². The Balaban J connectivity index is 2.37. The number of hydrogen-bond acceptors (Lipinski definition) is 2. The molecule has 0 N–H and O–H groups in total. The van der Waals surface area contributed by atoms with E-state index in [9.17, 15) is 0 Å². The van der Waals surface area contributed by atoms with Crippen LogP contribution in [0.3, 0.4) is 0 Å². The molecule has 13 heavy (non-hydrogen) atoms. The van der Waals surface area contributed by atoms with Crippen molar-refractivity contribution >= 4 is 22.9 Å². The standard InChI is InChI=1S/C10H16ClNS/c1-2-5-12(6-4-11)8-10-3-7-13-9-10/h3,7,9H,2,4-6,8H2,1H3. The quantitative estimate of drug-likeness (QED) is 0.662. The molecule has 1 aromatic heterocycles. The van der Waals surface area contributed by atoms with Crippen molar-refractivity contribution in [1.82, 2.24) is 4.90 Å². The molecule has 1 heterocycles. The van der Waals surface area contributed by atoms with Crippen molar-refractivity contribution in [2.24, 2.45) is 0 Å². The second kappa shape index (κ2) is 6.41. The van der Waals surface area contributed by atoms with Crippen LogP contribution >= 0.6 is 22.9 Å². The molecule has 0 aliphatic heterocycles. The Kier molecular flexibility index (Phi) is 5.44. The van der Waals surface area contributed by atoms with Crippen LogP contribution in [0.15, 0.2) is 16.8 Å². The molecule has 1 rings (SSSR count). The van der Waals surface area contributed by atoms with Crippen molar-refractivity contribution < 1.29 is 0 Å². The van der Waals surface area contributed by atoms with Crippen molar-refractivity contribution in [2.45, 2.75) is 19.9 Å². The Bertz CT molecular complexity index is 205. The largest absolute Gasteiger partial charge is 0.298 e. The molecule has 0 fully saturated rings. The molecule has 0 saturated heterocycles. The van der Waals surface area contributed by atoms with Crippen LogP contribution in [-0.2, 0) is 6.54 Å². The monoisotopic (exact) mass is 217 g/mol. The fourth-order valence-electron chi connectivity index (χ4n) is 1.35. The molecule has 0 aliphatic carbocycles. The van der Waals surface area contributed by atoms with Gasteiger partial charge in [-0.15, -0.1) is 11.6 Å². The molecule has 1 nitrogen and oxygen atoms in total. The third-order valence-corrected chi connectivity index (χ3v) is 2.83. The normalized spacial score (nSPS) is 11.0. The van der Waals surface area contributed by atoms with Crippen LogP contribution in [-0.4, -0.2) is 23.9 Å². The highest BCUT2D eigenvalue weighted by atomic mass is 35.5. The van der Waals surface area contributed by atoms with E-state index in [2.05, 4.69) is 28.7 Å². The molecule has 0 amide bonds. The second-order valence-corrected chi connectivity index (χ2v) is 4.25. The van der Waals surface area contributed by atoms with Crippen molar-refractivity contribution in [3.8, 4) is 0 Å². The van der Waals surface area contributed by atoms with Crippen LogP contribution in [0.5, 0.6) is 0 Å². The lowest BCUT2D eigenvalue weighted by Gasteiger charge is -2.19. The first-order valence-corrected chi connectivity index (χ1v) is 6.14. The zero-order valence-corrected chi connectivity index (χ0v) is 9.57. The summed E-state index contributed by atoms with van der Waals surface area (Å²) in [7, 11) is 0. The molecule has 1 aromatic rings. The van der Waals surface area contributed by atoms with Gasteiger partial charge in [0.15, 0.2) is 0 Å². The molecule has 74 valence electrons. The number of nitrogens with zero attached hydrogens (tertiary/aromatic N) is 1. The topological polar surface area (TPSA) is 3.24 Å². The van der Waals surface area contributed by atoms with Crippen LogP contribution in [0.25, 0.3) is 0 Å². The first-order valence-electron chi connectivity index (χ1n) is 4.66. The molecule has 0 spiro atoms. The predicted molar refractivity (Wildman–Crippen MR) is 60.6 cm³/mol. The minimum atomic E-state index is 0.726. The highest BCUT2D eigenvalue weighted by molar-refractivity contribution is 7.07. The fourth-order valence-corrected chi connectivity index (χ4v) is 2.25. The zero-order chi connectivity index (χ0) is 9.52. The van der Waals surface area contributed by atoms with Gasteiger partial charge in [-0.1, -0.05) is 6.92 Å². The van der Waals surface area contributed by atoms with Gasteiger partial charge in [0.1, 0.15) is 0 Å². The lowest BCUT2D eigenvalue weighted by atomic mass is 10.3. The fraction of sp³-hybridized carbons (Fsp3) is 0.600. The number of rotatable bonds is 6. The van der Waals surface area contributed by atoms with Crippen LogP contribution < -0.4 is 0 Å². The van der Waals surface area contributed by atoms with Gasteiger partial charge in [-0.05, 0) is 35.4 Å². The summed E-state index contributed by atoms with van der Waals surface area (Å²) in [6.07, 6.45) is 1.20. The summed E-state index contributed by atoms with van der Waals surface area (Å²) in [6, 6.07) is 2.18. The highest BCUT2D eigenvalue weighted by Crippen LogP contribution is 2.09. The van der Waals surface area contributed by atoms with E-state index in [1.165, 1.54) is 12.0 Å². The van der Waals surface area contributed by atoms with Gasteiger partial charge in [-0.3, -0.25) is 4.90 Å². The van der Waals surface area contributed by atoms with Gasteiger partial charge in [0.2, 0.25) is 0 Å². The van der Waals surface area contributed by atoms with Gasteiger partial charge in [0.05, 0.1) is 0 Å². The van der Waals surface area contributed by atoms with Crippen LogP contribution in [0, 0.1) is 0 Å². The molecule has 0 bridgehead atoms. The third kappa shape index (κ3) is 4.12. The number of alkyl halides is 1. The average molecular weight is 218 g/mol. The first kappa shape index (κ1) is 11.0. The van der Waals surface area contributed by atoms with Gasteiger partial charge < -0.3 is 0 Å². The van der Waals surface area contributed by atoms with E-state index >= 15 is 0 Å². The maximum absolute atomic E-state index is 5.73. The Hall–Kier alpha value is -0.0500. The smallest absolute Gasteiger partial charge is 0.0351 e. The van der Waals surface area contributed by atoms with E-state index in [-0.39, 0.29) is 0 Å². The molecule has 0 unspecified atom stereocenters. The van der Waals surface area contributed by atoms with E-state index < -0.39 is 0 Å². The third-order valence-electron chi connectivity index (χ3n) is 1.93. The van der Waals surface area contributed by atoms with E-state index in [0.717, 1.165) is 25.5 Å². The van der Waals surface area contributed by atoms with E-state index in [1.54, 1.807) is 11.3 Å². The summed E-state index contributed by atoms with van der Waals surface area (Å²) in [5, 5.41) is 4.33. The van der Waals surface area contributed by atoms with Gasteiger partial charge in [-0.2, -0.15) is 11.3 Å². The van der Waals surface area contributed by atoms with Crippen molar-refractivity contribution in [3.63, 3.8) is 0 Å². The average Bonchev–Trinajstić information content (AvgIpc) is 2.58.